The van der Waals surface area contributed by atoms with Crippen LogP contribution in [0.1, 0.15) is 50.3 Å². The molecule has 2 saturated heterocycles. The number of esters is 1. The predicted octanol–water partition coefficient (Wildman–Crippen LogP) is 4.38. The number of fused-ring (bicyclic) bond motifs is 2. The summed E-state index contributed by atoms with van der Waals surface area (Å²) in [4.78, 5) is 61.8. The number of hydrogen-bond acceptors (Lipinski definition) is 7. The molecule has 4 heterocycles. The fraction of sp³-hybridized carbons (Fsp3) is 0.459. The van der Waals surface area contributed by atoms with E-state index in [1.165, 1.54) is 4.90 Å². The number of allylic oxidation sites excluding steroid dienone is 1. The number of benzene rings is 2. The van der Waals surface area contributed by atoms with Crippen molar-refractivity contribution in [1.29, 1.82) is 0 Å². The van der Waals surface area contributed by atoms with Crippen LogP contribution in [0.15, 0.2) is 72.8 Å². The zero-order valence-corrected chi connectivity index (χ0v) is 28.4. The lowest BCUT2D eigenvalue weighted by atomic mass is 9.77. The summed E-state index contributed by atoms with van der Waals surface area (Å²) in [5.41, 5.74) is 0.466. The lowest BCUT2D eigenvalue weighted by Gasteiger charge is -2.38. The van der Waals surface area contributed by atoms with Crippen LogP contribution >= 0.6 is 11.6 Å². The number of hydrogen-bond donors (Lipinski definition) is 1. The van der Waals surface area contributed by atoms with Crippen LogP contribution in [0.5, 0.6) is 0 Å². The van der Waals surface area contributed by atoms with E-state index in [1.54, 1.807) is 53.3 Å². The van der Waals surface area contributed by atoms with E-state index in [0.717, 1.165) is 5.56 Å². The van der Waals surface area contributed by atoms with Crippen LogP contribution in [0.4, 0.5) is 5.69 Å². The molecule has 8 atom stereocenters. The fourth-order valence-corrected chi connectivity index (χ4v) is 8.12. The number of ether oxygens (including phenoxy) is 2. The Hall–Kier alpha value is -3.99. The summed E-state index contributed by atoms with van der Waals surface area (Å²) < 4.78 is 13.1. The molecule has 4 aliphatic heterocycles. The number of nitrogens with zero attached hydrogens (tertiary/aromatic N) is 3. The third-order valence-corrected chi connectivity index (χ3v) is 10.7. The maximum Gasteiger partial charge on any atom is 0.313 e. The third-order valence-electron chi connectivity index (χ3n) is 10.4. The highest BCUT2D eigenvalue weighted by molar-refractivity contribution is 6.34. The van der Waals surface area contributed by atoms with Gasteiger partial charge < -0.3 is 29.3 Å². The van der Waals surface area contributed by atoms with Gasteiger partial charge in [0.25, 0.3) is 5.91 Å². The van der Waals surface area contributed by atoms with Crippen molar-refractivity contribution in [2.75, 3.05) is 25.1 Å². The molecule has 0 saturated carbocycles. The molecule has 0 unspecified atom stereocenters. The molecule has 2 aromatic rings. The zero-order chi connectivity index (χ0) is 34.3. The van der Waals surface area contributed by atoms with Gasteiger partial charge in [0.1, 0.15) is 23.7 Å². The highest BCUT2D eigenvalue weighted by Gasteiger charge is 2.72. The summed E-state index contributed by atoms with van der Waals surface area (Å²) in [6, 6.07) is 12.2. The van der Waals surface area contributed by atoms with Gasteiger partial charge >= 0.3 is 5.97 Å². The first-order chi connectivity index (χ1) is 23.0. The van der Waals surface area contributed by atoms with Crippen LogP contribution in [0, 0.1) is 18.8 Å². The molecule has 3 amide bonds. The standard InChI is InChI=1S/C37H42ClN3O7/c1-5-25(21-42)41-33-35(45)40(31-22(2)13-11-16-26(31)38)20-12-19-37(33)30(34(41)44)29-27(48-37)17-9-10-18-28(43)39(4)23(3)32(47-36(29)46)24-14-7-6-8-15-24/h6-9,11-17,19,23,25,27,29-30,32-33,42H,5,10,18,20-21H2,1-4H3/b17-9-/t23-,25-,27-,29+,30+,32+,33-,37+/m0/s1. The first-order valence-corrected chi connectivity index (χ1v) is 17.0. The van der Waals surface area contributed by atoms with Gasteiger partial charge in [0.2, 0.25) is 11.8 Å². The first kappa shape index (κ1) is 33.9. The first-order valence-electron chi connectivity index (χ1n) is 16.6. The van der Waals surface area contributed by atoms with E-state index in [9.17, 15) is 24.3 Å². The van der Waals surface area contributed by atoms with Crippen molar-refractivity contribution >= 4 is 41.0 Å². The number of para-hydroxylation sites is 1. The summed E-state index contributed by atoms with van der Waals surface area (Å²) in [5.74, 6) is -3.87. The molecule has 254 valence electrons. The van der Waals surface area contributed by atoms with Crippen molar-refractivity contribution in [1.82, 2.24) is 9.80 Å². The number of halogens is 1. The van der Waals surface area contributed by atoms with Gasteiger partial charge in [-0.1, -0.05) is 85.3 Å². The minimum Gasteiger partial charge on any atom is -0.455 e. The van der Waals surface area contributed by atoms with Gasteiger partial charge in [0.05, 0.1) is 41.4 Å². The van der Waals surface area contributed by atoms with E-state index in [2.05, 4.69) is 0 Å². The molecule has 1 N–H and O–H groups in total. The number of rotatable bonds is 5. The molecule has 0 bridgehead atoms. The van der Waals surface area contributed by atoms with Crippen molar-refractivity contribution in [3.05, 3.63) is 89.0 Å². The minimum absolute atomic E-state index is 0.100. The highest BCUT2D eigenvalue weighted by Crippen LogP contribution is 2.54. The molecule has 11 heteroatoms. The van der Waals surface area contributed by atoms with Crippen molar-refractivity contribution < 1.29 is 33.8 Å². The molecule has 4 aliphatic rings. The summed E-state index contributed by atoms with van der Waals surface area (Å²) in [5, 5.41) is 10.9. The van der Waals surface area contributed by atoms with Gasteiger partial charge in [-0.25, -0.2) is 0 Å². The Balaban J connectivity index is 1.48. The van der Waals surface area contributed by atoms with E-state index in [1.807, 2.05) is 57.2 Å². The zero-order valence-electron chi connectivity index (χ0n) is 27.6. The summed E-state index contributed by atoms with van der Waals surface area (Å²) in [6.07, 6.45) is 6.28. The quantitative estimate of drug-likeness (QED) is 0.369. The molecular formula is C37H42ClN3O7. The Bertz CT molecular complexity index is 1620. The number of aliphatic hydroxyl groups is 1. The van der Waals surface area contributed by atoms with E-state index in [-0.39, 0.29) is 25.5 Å². The number of aryl methyl sites for hydroxylation is 1. The van der Waals surface area contributed by atoms with E-state index < -0.39 is 65.6 Å². The summed E-state index contributed by atoms with van der Waals surface area (Å²) in [7, 11) is 1.69. The minimum atomic E-state index is -1.54. The van der Waals surface area contributed by atoms with Crippen molar-refractivity contribution in [3.8, 4) is 0 Å². The number of aliphatic hydroxyl groups excluding tert-OH is 1. The van der Waals surface area contributed by atoms with Crippen molar-refractivity contribution in [2.45, 2.75) is 76.0 Å². The van der Waals surface area contributed by atoms with E-state index in [4.69, 9.17) is 21.1 Å². The van der Waals surface area contributed by atoms with Gasteiger partial charge in [0.15, 0.2) is 0 Å². The van der Waals surface area contributed by atoms with E-state index in [0.29, 0.717) is 29.1 Å². The molecule has 2 fully saturated rings. The van der Waals surface area contributed by atoms with Gasteiger partial charge in [-0.2, -0.15) is 0 Å². The Kier molecular flexibility index (Phi) is 9.53. The second kappa shape index (κ2) is 13.5. The van der Waals surface area contributed by atoms with Crippen LogP contribution in [0.3, 0.4) is 0 Å². The maximum atomic E-state index is 14.8. The number of anilines is 1. The topological polar surface area (TPSA) is 117 Å². The normalized spacial score (nSPS) is 32.1. The maximum absolute atomic E-state index is 14.8. The summed E-state index contributed by atoms with van der Waals surface area (Å²) >= 11 is 6.66. The second-order valence-electron chi connectivity index (χ2n) is 13.1. The Morgan fingerprint density at radius 3 is 2.48 bits per heavy atom. The van der Waals surface area contributed by atoms with Gasteiger partial charge in [-0.15, -0.1) is 0 Å². The SMILES string of the molecule is CC[C@@H](CO)N1C(=O)[C@H]2[C@@H]3C(=O)O[C@@H](c4ccccc4)[C@H](C)N(C)C(=O)CC/C=C\[C@@H]3O[C@]23C=CCN(c2c(C)cccc2Cl)C(=O)[C@H]13. The van der Waals surface area contributed by atoms with Gasteiger partial charge in [-0.05, 0) is 43.9 Å². The van der Waals surface area contributed by atoms with Crippen LogP contribution in [0.25, 0.3) is 0 Å². The second-order valence-corrected chi connectivity index (χ2v) is 13.5. The van der Waals surface area contributed by atoms with Crippen molar-refractivity contribution in [2.24, 2.45) is 11.8 Å². The Labute approximate surface area is 285 Å². The number of amides is 3. The van der Waals surface area contributed by atoms with Gasteiger partial charge in [-0.3, -0.25) is 19.2 Å². The molecule has 2 aromatic carbocycles. The fourth-order valence-electron chi connectivity index (χ4n) is 7.80. The summed E-state index contributed by atoms with van der Waals surface area (Å²) in [6.45, 7) is 5.31. The largest absolute Gasteiger partial charge is 0.455 e. The number of carbonyl (C=O) groups is 4. The molecule has 48 heavy (non-hydrogen) atoms. The Morgan fingerprint density at radius 1 is 1.04 bits per heavy atom. The van der Waals surface area contributed by atoms with Crippen LogP contribution in [-0.2, 0) is 28.7 Å². The van der Waals surface area contributed by atoms with Crippen LogP contribution < -0.4 is 4.90 Å². The van der Waals surface area contributed by atoms with Crippen LogP contribution in [-0.4, -0.2) is 88.6 Å². The monoisotopic (exact) mass is 675 g/mol. The lowest BCUT2D eigenvalue weighted by molar-refractivity contribution is -0.164. The molecule has 0 aliphatic carbocycles. The molecule has 0 radical (unpaired) electrons. The smallest absolute Gasteiger partial charge is 0.313 e. The number of likely N-dealkylation sites (N-methyl/N-ethyl adjacent to an activating group) is 1. The number of cyclic esters (lactones) is 1. The van der Waals surface area contributed by atoms with Crippen LogP contribution in [0.2, 0.25) is 5.02 Å². The average molecular weight is 676 g/mol. The Morgan fingerprint density at radius 2 is 1.79 bits per heavy atom. The lowest BCUT2D eigenvalue weighted by Crippen LogP contribution is -2.58. The average Bonchev–Trinajstić information content (AvgIpc) is 3.47. The third kappa shape index (κ3) is 5.53. The molecule has 1 spiro atoms. The molecule has 6 rings (SSSR count). The highest BCUT2D eigenvalue weighted by atomic mass is 35.5. The molecule has 10 nitrogen and oxygen atoms in total. The predicted molar refractivity (Wildman–Crippen MR) is 180 cm³/mol. The van der Waals surface area contributed by atoms with E-state index >= 15 is 0 Å². The molecule has 0 aromatic heterocycles. The number of carbonyl (C=O) groups excluding carboxylic acids is 4. The number of likely N-dealkylation sites (tertiary alicyclic amines) is 1. The molecular weight excluding hydrogens is 634 g/mol. The van der Waals surface area contributed by atoms with Crippen molar-refractivity contribution in [3.63, 3.8) is 0 Å². The van der Waals surface area contributed by atoms with Gasteiger partial charge in [0, 0.05) is 20.0 Å².